The molecule has 1 aliphatic carbocycles. The standard InChI is InChI=1S/C9H18.CH2O3/c1-8-5-4-6-9(2,3)7-8;2-1(3)4/h8H,4-7H2,1-3H3;(H2,2,3,4). The third kappa shape index (κ3) is 7.62. The van der Waals surface area contributed by atoms with Gasteiger partial charge in [-0.15, -0.1) is 0 Å². The Morgan fingerprint density at radius 3 is 2.08 bits per heavy atom. The molecule has 78 valence electrons. The van der Waals surface area contributed by atoms with Crippen molar-refractivity contribution in [1.29, 1.82) is 0 Å². The van der Waals surface area contributed by atoms with E-state index in [4.69, 9.17) is 15.0 Å². The third-order valence-electron chi connectivity index (χ3n) is 2.45. The quantitative estimate of drug-likeness (QED) is 0.612. The molecule has 0 aromatic rings. The first-order valence-electron chi connectivity index (χ1n) is 4.75. The van der Waals surface area contributed by atoms with E-state index in [0.29, 0.717) is 5.41 Å². The van der Waals surface area contributed by atoms with Crippen molar-refractivity contribution in [1.82, 2.24) is 0 Å². The van der Waals surface area contributed by atoms with Crippen molar-refractivity contribution in [2.75, 3.05) is 0 Å². The molecule has 2 N–H and O–H groups in total. The van der Waals surface area contributed by atoms with Gasteiger partial charge in [0.1, 0.15) is 0 Å². The van der Waals surface area contributed by atoms with E-state index in [1.807, 2.05) is 0 Å². The van der Waals surface area contributed by atoms with Gasteiger partial charge in [-0.05, 0) is 24.2 Å². The number of hydrogen-bond donors (Lipinski definition) is 2. The lowest BCUT2D eigenvalue weighted by atomic mass is 9.73. The molecule has 1 fully saturated rings. The van der Waals surface area contributed by atoms with Crippen molar-refractivity contribution in [3.63, 3.8) is 0 Å². The van der Waals surface area contributed by atoms with Gasteiger partial charge < -0.3 is 10.2 Å². The number of hydrogen-bond acceptors (Lipinski definition) is 1. The highest BCUT2D eigenvalue weighted by Crippen LogP contribution is 2.37. The van der Waals surface area contributed by atoms with Gasteiger partial charge in [0, 0.05) is 0 Å². The highest BCUT2D eigenvalue weighted by atomic mass is 16.6. The Labute approximate surface area is 79.8 Å². The zero-order chi connectivity index (χ0) is 10.5. The van der Waals surface area contributed by atoms with Crippen molar-refractivity contribution >= 4 is 6.16 Å². The normalized spacial score (nSPS) is 25.6. The average molecular weight is 188 g/mol. The first-order chi connectivity index (χ1) is 5.83. The molecule has 1 aliphatic rings. The number of carboxylic acid groups (broad SMARTS) is 2. The van der Waals surface area contributed by atoms with Crippen molar-refractivity contribution in [3.8, 4) is 0 Å². The Hall–Kier alpha value is -0.730. The summed E-state index contributed by atoms with van der Waals surface area (Å²) < 4.78 is 0. The van der Waals surface area contributed by atoms with Gasteiger partial charge in [-0.2, -0.15) is 0 Å². The summed E-state index contributed by atoms with van der Waals surface area (Å²) in [6.07, 6.45) is 3.96. The van der Waals surface area contributed by atoms with Crippen molar-refractivity contribution in [3.05, 3.63) is 0 Å². The minimum Gasteiger partial charge on any atom is -0.450 e. The summed E-state index contributed by atoms with van der Waals surface area (Å²) in [5.74, 6) is 0.980. The fraction of sp³-hybridized carbons (Fsp3) is 0.900. The molecule has 0 spiro atoms. The van der Waals surface area contributed by atoms with Gasteiger partial charge in [-0.1, -0.05) is 33.6 Å². The minimum absolute atomic E-state index is 0.650. The second-order valence-corrected chi connectivity index (χ2v) is 4.65. The van der Waals surface area contributed by atoms with Crippen LogP contribution in [-0.4, -0.2) is 16.4 Å². The molecule has 1 rings (SSSR count). The van der Waals surface area contributed by atoms with Gasteiger partial charge in [-0.3, -0.25) is 0 Å². The lowest BCUT2D eigenvalue weighted by Crippen LogP contribution is -2.20. The Morgan fingerprint density at radius 2 is 1.85 bits per heavy atom. The van der Waals surface area contributed by atoms with Gasteiger partial charge in [0.2, 0.25) is 0 Å². The van der Waals surface area contributed by atoms with Crippen LogP contribution in [0.25, 0.3) is 0 Å². The first-order valence-corrected chi connectivity index (χ1v) is 4.75. The van der Waals surface area contributed by atoms with Crippen LogP contribution in [0.4, 0.5) is 4.79 Å². The van der Waals surface area contributed by atoms with Crippen LogP contribution in [0.1, 0.15) is 46.5 Å². The van der Waals surface area contributed by atoms with E-state index in [2.05, 4.69) is 20.8 Å². The van der Waals surface area contributed by atoms with E-state index in [1.165, 1.54) is 25.7 Å². The molecule has 13 heavy (non-hydrogen) atoms. The van der Waals surface area contributed by atoms with Gasteiger partial charge in [0.05, 0.1) is 0 Å². The summed E-state index contributed by atoms with van der Waals surface area (Å²) in [5, 5.41) is 13.9. The van der Waals surface area contributed by atoms with Crippen LogP contribution in [0.5, 0.6) is 0 Å². The Bertz CT molecular complexity index is 160. The van der Waals surface area contributed by atoms with E-state index >= 15 is 0 Å². The van der Waals surface area contributed by atoms with Crippen LogP contribution in [0.3, 0.4) is 0 Å². The Morgan fingerprint density at radius 1 is 1.38 bits per heavy atom. The maximum absolute atomic E-state index is 8.56. The van der Waals surface area contributed by atoms with Gasteiger partial charge in [-0.25, -0.2) is 4.79 Å². The molecular formula is C10H20O3. The zero-order valence-electron chi connectivity index (χ0n) is 8.71. The van der Waals surface area contributed by atoms with Crippen molar-refractivity contribution in [2.45, 2.75) is 46.5 Å². The Balaban J connectivity index is 0.000000310. The maximum Gasteiger partial charge on any atom is 0.503 e. The molecule has 0 heterocycles. The highest BCUT2D eigenvalue weighted by molar-refractivity contribution is 5.53. The van der Waals surface area contributed by atoms with Crippen LogP contribution in [0.2, 0.25) is 0 Å². The molecule has 1 saturated carbocycles. The predicted molar refractivity (Wildman–Crippen MR) is 52.1 cm³/mol. The summed E-state index contributed by atoms with van der Waals surface area (Å²) in [6.45, 7) is 7.16. The predicted octanol–water partition coefficient (Wildman–Crippen LogP) is 3.45. The summed E-state index contributed by atoms with van der Waals surface area (Å²) in [5.41, 5.74) is 0.650. The van der Waals surface area contributed by atoms with E-state index in [-0.39, 0.29) is 0 Å². The minimum atomic E-state index is -1.83. The highest BCUT2D eigenvalue weighted by Gasteiger charge is 2.24. The molecule has 0 saturated heterocycles. The zero-order valence-corrected chi connectivity index (χ0v) is 8.71. The van der Waals surface area contributed by atoms with Crippen molar-refractivity contribution < 1.29 is 15.0 Å². The average Bonchev–Trinajstić information content (AvgIpc) is 1.81. The summed E-state index contributed by atoms with van der Waals surface area (Å²) in [7, 11) is 0. The molecule has 3 nitrogen and oxygen atoms in total. The summed E-state index contributed by atoms with van der Waals surface area (Å²) in [6, 6.07) is 0. The van der Waals surface area contributed by atoms with Gasteiger partial charge in [0.15, 0.2) is 0 Å². The smallest absolute Gasteiger partial charge is 0.450 e. The van der Waals surface area contributed by atoms with E-state index < -0.39 is 6.16 Å². The molecule has 0 amide bonds. The third-order valence-corrected chi connectivity index (χ3v) is 2.45. The molecule has 3 heteroatoms. The van der Waals surface area contributed by atoms with Crippen molar-refractivity contribution in [2.24, 2.45) is 11.3 Å². The maximum atomic E-state index is 8.56. The summed E-state index contributed by atoms with van der Waals surface area (Å²) in [4.78, 5) is 8.56. The lowest BCUT2D eigenvalue weighted by molar-refractivity contribution is 0.137. The van der Waals surface area contributed by atoms with E-state index in [0.717, 1.165) is 5.92 Å². The van der Waals surface area contributed by atoms with Crippen LogP contribution in [-0.2, 0) is 0 Å². The van der Waals surface area contributed by atoms with Crippen LogP contribution in [0.15, 0.2) is 0 Å². The SMILES string of the molecule is CC1CCCC(C)(C)C1.O=C(O)O. The molecule has 1 unspecified atom stereocenters. The largest absolute Gasteiger partial charge is 0.503 e. The number of carbonyl (C=O) groups is 1. The summed E-state index contributed by atoms with van der Waals surface area (Å²) >= 11 is 0. The van der Waals surface area contributed by atoms with E-state index in [1.54, 1.807) is 0 Å². The fourth-order valence-corrected chi connectivity index (χ4v) is 2.08. The van der Waals surface area contributed by atoms with Gasteiger partial charge >= 0.3 is 6.16 Å². The van der Waals surface area contributed by atoms with Gasteiger partial charge in [0.25, 0.3) is 0 Å². The fourth-order valence-electron chi connectivity index (χ4n) is 2.08. The molecule has 0 aliphatic heterocycles. The molecule has 0 radical (unpaired) electrons. The first kappa shape index (κ1) is 12.3. The molecule has 1 atom stereocenters. The molecule has 0 aromatic heterocycles. The lowest BCUT2D eigenvalue weighted by Gasteiger charge is -2.33. The molecule has 0 bridgehead atoms. The molecular weight excluding hydrogens is 168 g/mol. The van der Waals surface area contributed by atoms with Crippen LogP contribution in [0, 0.1) is 11.3 Å². The second kappa shape index (κ2) is 5.10. The van der Waals surface area contributed by atoms with E-state index in [9.17, 15) is 0 Å². The van der Waals surface area contributed by atoms with Crippen LogP contribution >= 0.6 is 0 Å². The Kier molecular flexibility index (Phi) is 4.81. The topological polar surface area (TPSA) is 57.5 Å². The monoisotopic (exact) mass is 188 g/mol. The second-order valence-electron chi connectivity index (χ2n) is 4.65. The molecule has 0 aromatic carbocycles. The number of rotatable bonds is 0. The van der Waals surface area contributed by atoms with Crippen LogP contribution < -0.4 is 0 Å².